The molecule has 0 radical (unpaired) electrons. The maximum absolute atomic E-state index is 10.1. The highest BCUT2D eigenvalue weighted by atomic mass is 16.4. The van der Waals surface area contributed by atoms with Crippen molar-refractivity contribution < 1.29 is 48.3 Å². The van der Waals surface area contributed by atoms with Crippen LogP contribution in [0.5, 0.6) is 0 Å². The summed E-state index contributed by atoms with van der Waals surface area (Å²) in [6, 6.07) is 0. The van der Waals surface area contributed by atoms with E-state index in [-0.39, 0.29) is 0 Å². The first-order chi connectivity index (χ1) is 37.5. The van der Waals surface area contributed by atoms with Crippen LogP contribution in [0.2, 0.25) is 0 Å². The van der Waals surface area contributed by atoms with Crippen molar-refractivity contribution in [2.45, 2.75) is 347 Å². The van der Waals surface area contributed by atoms with Crippen molar-refractivity contribution in [2.75, 3.05) is 83.1 Å². The predicted octanol–water partition coefficient (Wildman–Crippen LogP) is 15.6. The lowest BCUT2D eigenvalue weighted by Gasteiger charge is -2.29. The summed E-state index contributed by atoms with van der Waals surface area (Å²) in [7, 11) is 20.7. The number of rotatable bonds is 56. The molecule has 0 aromatic heterocycles. The molecule has 0 spiro atoms. The second-order valence-electron chi connectivity index (χ2n) is 27.4. The van der Waals surface area contributed by atoms with Crippen LogP contribution in [0.3, 0.4) is 0 Å². The van der Waals surface area contributed by atoms with Crippen molar-refractivity contribution in [1.82, 2.24) is 0 Å². The molecule has 0 saturated carbocycles. The minimum Gasteiger partial charge on any atom is -0.550 e. The van der Waals surface area contributed by atoms with Gasteiger partial charge in [-0.3, -0.25) is 0 Å². The molecular weight excluding hydrogens is 983 g/mol. The van der Waals surface area contributed by atoms with Crippen molar-refractivity contribution in [2.24, 2.45) is 0 Å². The molecule has 0 saturated heterocycles. The number of hydrogen-bond donors (Lipinski definition) is 1. The van der Waals surface area contributed by atoms with E-state index in [1.807, 2.05) is 0 Å². The van der Waals surface area contributed by atoms with E-state index < -0.39 is 36.4 Å². The number of hydrogen-bond acceptors (Lipinski definition) is 7. The number of quaternary nitrogens is 3. The Morgan fingerprint density at radius 3 is 0.494 bits per heavy atom. The van der Waals surface area contributed by atoms with Crippen LogP contribution in [0.1, 0.15) is 342 Å². The minimum absolute atomic E-state index is 1.12. The zero-order chi connectivity index (χ0) is 60.2. The van der Waals surface area contributed by atoms with Crippen LogP contribution in [0, 0.1) is 0 Å². The minimum atomic E-state index is -2.97. The summed E-state index contributed by atoms with van der Waals surface area (Å²) < 4.78 is 3.37. The SMILES string of the molecule is CCCCCCCCCCCCCCCCCC[N+](C)(C)C.CCCCCCCCCCCCCCCCCC[N+](C)(C)C.CCCCCCCCCCCCCCCCCC[N+](C)(C)C.O=C([O-])CC(O)(CC(=O)[O-])C(=O)[O-]. The third kappa shape index (κ3) is 82.8. The van der Waals surface area contributed by atoms with Crippen molar-refractivity contribution in [3.63, 3.8) is 0 Å². The summed E-state index contributed by atoms with van der Waals surface area (Å²) >= 11 is 0. The standard InChI is InChI=1S/3C21H46N.C6H8O7/c3*1-5-6-7-8-9-10-11-12-13-14-15-16-17-18-19-20-21-22(2,3)4;7-3(8)1-6(13,5(11)12)2-4(9)10/h3*5-21H2,1-4H3;13H,1-2H2,(H,7,8)(H,9,10)(H,11,12)/q3*+1;/p-3. The first kappa shape index (κ1) is 83.7. The van der Waals surface area contributed by atoms with Crippen LogP contribution in [-0.2, 0) is 14.4 Å². The smallest absolute Gasteiger partial charge is 0.114 e. The van der Waals surface area contributed by atoms with Crippen LogP contribution in [0.4, 0.5) is 0 Å². The van der Waals surface area contributed by atoms with Gasteiger partial charge in [0.2, 0.25) is 0 Å². The summed E-state index contributed by atoms with van der Waals surface area (Å²) in [6.07, 6.45) is 67.4. The van der Waals surface area contributed by atoms with Crippen molar-refractivity contribution in [3.05, 3.63) is 0 Å². The second-order valence-corrected chi connectivity index (χ2v) is 27.4. The third-order valence-electron chi connectivity index (χ3n) is 15.3. The topological polar surface area (TPSA) is 141 Å². The molecule has 0 aromatic rings. The van der Waals surface area contributed by atoms with E-state index in [4.69, 9.17) is 5.11 Å². The molecule has 0 unspecified atom stereocenters. The third-order valence-corrected chi connectivity index (χ3v) is 15.3. The number of nitrogens with zero attached hydrogens (tertiary/aromatic N) is 3. The Bertz CT molecular complexity index is 1130. The van der Waals surface area contributed by atoms with Gasteiger partial charge < -0.3 is 48.3 Å². The number of aliphatic carboxylic acids is 3. The van der Waals surface area contributed by atoms with Crippen LogP contribution < -0.4 is 15.3 Å². The number of carboxylic acids is 3. The highest BCUT2D eigenvalue weighted by Crippen LogP contribution is 2.18. The van der Waals surface area contributed by atoms with Gasteiger partial charge in [-0.15, -0.1) is 0 Å². The highest BCUT2D eigenvalue weighted by molar-refractivity contribution is 5.86. The van der Waals surface area contributed by atoms with E-state index in [1.165, 1.54) is 328 Å². The molecule has 10 heteroatoms. The Morgan fingerprint density at radius 2 is 0.392 bits per heavy atom. The Kier molecular flexibility index (Phi) is 64.5. The summed E-state index contributed by atoms with van der Waals surface area (Å²) in [5.41, 5.74) is -2.97. The molecule has 10 nitrogen and oxygen atoms in total. The molecule has 79 heavy (non-hydrogen) atoms. The molecule has 0 rings (SSSR count). The van der Waals surface area contributed by atoms with Gasteiger partial charge in [-0.1, -0.05) is 290 Å². The van der Waals surface area contributed by atoms with E-state index in [1.54, 1.807) is 0 Å². The quantitative estimate of drug-likeness (QED) is 0.0472. The molecule has 0 heterocycles. The number of carbonyl (C=O) groups excluding carboxylic acids is 3. The van der Waals surface area contributed by atoms with Crippen molar-refractivity contribution in [3.8, 4) is 0 Å². The van der Waals surface area contributed by atoms with Gasteiger partial charge in [0.1, 0.15) is 5.60 Å². The Morgan fingerprint density at radius 1 is 0.266 bits per heavy atom. The molecule has 0 aliphatic carbocycles. The molecule has 0 atom stereocenters. The molecule has 476 valence electrons. The van der Waals surface area contributed by atoms with Gasteiger partial charge >= 0.3 is 0 Å². The van der Waals surface area contributed by atoms with Crippen LogP contribution in [-0.4, -0.2) is 125 Å². The first-order valence-electron chi connectivity index (χ1n) is 34.2. The molecule has 0 bridgehead atoms. The number of carbonyl (C=O) groups is 3. The van der Waals surface area contributed by atoms with E-state index in [2.05, 4.69) is 84.2 Å². The molecule has 1 N–H and O–H groups in total. The highest BCUT2D eigenvalue weighted by Gasteiger charge is 2.29. The van der Waals surface area contributed by atoms with Gasteiger partial charge in [0.25, 0.3) is 0 Å². The molecule has 0 aliphatic heterocycles. The van der Waals surface area contributed by atoms with Gasteiger partial charge in [-0.05, 0) is 38.5 Å². The summed E-state index contributed by atoms with van der Waals surface area (Å²) in [6.45, 7) is 10.9. The lowest BCUT2D eigenvalue weighted by Crippen LogP contribution is -2.54. The summed E-state index contributed by atoms with van der Waals surface area (Å²) in [5.74, 6) is -5.98. The zero-order valence-corrected chi connectivity index (χ0v) is 55.7. The fraction of sp³-hybridized carbons (Fsp3) is 0.957. The van der Waals surface area contributed by atoms with E-state index >= 15 is 0 Å². The van der Waals surface area contributed by atoms with Gasteiger partial charge in [-0.25, -0.2) is 0 Å². The van der Waals surface area contributed by atoms with Gasteiger partial charge in [-0.2, -0.15) is 0 Å². The average molecular weight is 1130 g/mol. The zero-order valence-electron chi connectivity index (χ0n) is 55.7. The van der Waals surface area contributed by atoms with Crippen molar-refractivity contribution in [1.29, 1.82) is 0 Å². The Balaban J connectivity index is -0.000000483. The molecule has 0 aliphatic rings. The van der Waals surface area contributed by atoms with Crippen LogP contribution in [0.15, 0.2) is 0 Å². The van der Waals surface area contributed by atoms with E-state index in [0.717, 1.165) is 13.4 Å². The van der Waals surface area contributed by atoms with E-state index in [9.17, 15) is 29.7 Å². The van der Waals surface area contributed by atoms with Crippen LogP contribution >= 0.6 is 0 Å². The van der Waals surface area contributed by atoms with Gasteiger partial charge in [0, 0.05) is 24.8 Å². The lowest BCUT2D eigenvalue weighted by molar-refractivity contribution is -0.870. The fourth-order valence-corrected chi connectivity index (χ4v) is 10.1. The maximum atomic E-state index is 10.1. The monoisotopic (exact) mass is 1130 g/mol. The molecule has 0 fully saturated rings. The largest absolute Gasteiger partial charge is 0.550 e. The van der Waals surface area contributed by atoms with Crippen molar-refractivity contribution >= 4 is 17.9 Å². The van der Waals surface area contributed by atoms with Gasteiger partial charge in [0.05, 0.1) is 89.0 Å². The molecule has 0 amide bonds. The number of aliphatic hydroxyl groups is 1. The lowest BCUT2D eigenvalue weighted by atomic mass is 9.96. The molecule has 0 aromatic carbocycles. The normalized spacial score (nSPS) is 11.8. The van der Waals surface area contributed by atoms with Crippen LogP contribution in [0.25, 0.3) is 0 Å². The summed E-state index contributed by atoms with van der Waals surface area (Å²) in [4.78, 5) is 30.0. The Hall–Kier alpha value is -1.75. The van der Waals surface area contributed by atoms with E-state index in [0.29, 0.717) is 0 Å². The fourth-order valence-electron chi connectivity index (χ4n) is 10.1. The predicted molar refractivity (Wildman–Crippen MR) is 337 cm³/mol. The molecular formula is C69H143N3O7. The first-order valence-corrected chi connectivity index (χ1v) is 34.2. The summed E-state index contributed by atoms with van der Waals surface area (Å²) in [5, 5.41) is 38.9. The number of unbranched alkanes of at least 4 members (excludes halogenated alkanes) is 45. The average Bonchev–Trinajstić information content (AvgIpc) is 3.35. The Labute approximate surface area is 494 Å². The second kappa shape index (κ2) is 60.8. The number of carboxylic acid groups (broad SMARTS) is 3. The maximum Gasteiger partial charge on any atom is 0.114 e. The van der Waals surface area contributed by atoms with Gasteiger partial charge in [0.15, 0.2) is 0 Å².